The number of carbonyl (C=O) groups is 2. The van der Waals surface area contributed by atoms with Gasteiger partial charge in [0.05, 0.1) is 13.2 Å². The molecule has 3 unspecified atom stereocenters. The molecule has 10 heteroatoms. The standard InChI is InChI=1S/C34H48N4O5S.C2H6/c1-7-10-11-14-24(4)31-29-16-15-26(33(39)35-44(41,42)36(5)6)22-30(29)38-23-27(34(40)37-17-12-19-43-20-18-37)21-25(13-8-2)28(9-3)32(31)38;1-2/h8-9,13,15-16,21-22,24-25,28H,3,7,10-12,14,17-20,23H2,1-2,4-6H3,(H,35,39);1-2H3/b13-8-;. The van der Waals surface area contributed by atoms with Crippen LogP contribution in [-0.2, 0) is 26.3 Å². The van der Waals surface area contributed by atoms with Gasteiger partial charge in [-0.25, -0.2) is 4.72 Å². The highest BCUT2D eigenvalue weighted by atomic mass is 32.2. The van der Waals surface area contributed by atoms with Crippen LogP contribution in [0.3, 0.4) is 0 Å². The van der Waals surface area contributed by atoms with Crippen LogP contribution in [0, 0.1) is 5.92 Å². The average molecular weight is 655 g/mol. The number of allylic oxidation sites excluding steroid dienone is 4. The van der Waals surface area contributed by atoms with Gasteiger partial charge in [0.1, 0.15) is 0 Å². The zero-order valence-electron chi connectivity index (χ0n) is 28.8. The molecule has 0 bridgehead atoms. The number of unbranched alkanes of at least 4 members (excludes halogenated alkanes) is 2. The number of nitrogens with zero attached hydrogens (tertiary/aromatic N) is 3. The molecule has 4 rings (SSSR count). The van der Waals surface area contributed by atoms with Gasteiger partial charge in [0.25, 0.3) is 11.8 Å². The van der Waals surface area contributed by atoms with Crippen LogP contribution < -0.4 is 4.72 Å². The van der Waals surface area contributed by atoms with Crippen molar-refractivity contribution < 1.29 is 22.7 Å². The zero-order chi connectivity index (χ0) is 34.0. The van der Waals surface area contributed by atoms with E-state index in [1.165, 1.54) is 19.7 Å². The molecule has 0 radical (unpaired) electrons. The highest BCUT2D eigenvalue weighted by Crippen LogP contribution is 2.44. The Bertz CT molecular complexity index is 1530. The molecular formula is C36H54N4O5S. The number of rotatable bonds is 11. The number of fused-ring (bicyclic) bond motifs is 3. The van der Waals surface area contributed by atoms with Crippen molar-refractivity contribution >= 4 is 32.9 Å². The van der Waals surface area contributed by atoms with E-state index >= 15 is 0 Å². The molecule has 254 valence electrons. The largest absolute Gasteiger partial charge is 0.380 e. The first kappa shape index (κ1) is 37.2. The Labute approximate surface area is 276 Å². The van der Waals surface area contributed by atoms with E-state index in [1.807, 2.05) is 43.9 Å². The Morgan fingerprint density at radius 1 is 1.17 bits per heavy atom. The predicted molar refractivity (Wildman–Crippen MR) is 187 cm³/mol. The molecule has 1 aromatic heterocycles. The molecule has 3 heterocycles. The number of ether oxygens (including phenoxy) is 1. The van der Waals surface area contributed by atoms with E-state index in [0.717, 1.165) is 53.0 Å². The molecule has 3 atom stereocenters. The molecule has 1 saturated heterocycles. The second-order valence-corrected chi connectivity index (χ2v) is 13.9. The van der Waals surface area contributed by atoms with Crippen LogP contribution in [-0.4, -0.2) is 74.4 Å². The first-order valence-corrected chi connectivity index (χ1v) is 18.2. The van der Waals surface area contributed by atoms with Gasteiger partial charge < -0.3 is 14.2 Å². The number of benzene rings is 1. The maximum absolute atomic E-state index is 14.1. The highest BCUT2D eigenvalue weighted by Gasteiger charge is 2.34. The maximum atomic E-state index is 14.1. The molecule has 0 saturated carbocycles. The Kier molecular flexibility index (Phi) is 13.8. The van der Waals surface area contributed by atoms with Crippen molar-refractivity contribution in [2.75, 3.05) is 40.4 Å². The van der Waals surface area contributed by atoms with Gasteiger partial charge in [0.2, 0.25) is 0 Å². The highest BCUT2D eigenvalue weighted by molar-refractivity contribution is 7.87. The Morgan fingerprint density at radius 3 is 2.57 bits per heavy atom. The SMILES string of the molecule is C=CC1c2c(C(C)CCCCC)c3ccc(C(=O)NS(=O)(=O)N(C)C)cc3n2CC(C(=O)N2CCCOCC2)=CC1/C=C\C.CC. The lowest BCUT2D eigenvalue weighted by Crippen LogP contribution is -2.39. The van der Waals surface area contributed by atoms with Crippen LogP contribution in [0.15, 0.2) is 54.7 Å². The summed E-state index contributed by atoms with van der Waals surface area (Å²) in [6.45, 7) is 17.4. The first-order valence-electron chi connectivity index (χ1n) is 16.8. The summed E-state index contributed by atoms with van der Waals surface area (Å²) in [4.78, 5) is 29.1. The topological polar surface area (TPSA) is 101 Å². The van der Waals surface area contributed by atoms with Gasteiger partial charge >= 0.3 is 10.2 Å². The van der Waals surface area contributed by atoms with Crippen molar-refractivity contribution in [1.29, 1.82) is 0 Å². The molecule has 0 spiro atoms. The van der Waals surface area contributed by atoms with E-state index in [9.17, 15) is 18.0 Å². The monoisotopic (exact) mass is 654 g/mol. The summed E-state index contributed by atoms with van der Waals surface area (Å²) in [7, 11) is -1.23. The fraction of sp³-hybridized carbons (Fsp3) is 0.556. The predicted octanol–water partition coefficient (Wildman–Crippen LogP) is 6.54. The molecule has 2 aliphatic rings. The number of hydrogen-bond donors (Lipinski definition) is 1. The number of nitrogens with one attached hydrogen (secondary N) is 1. The Hall–Kier alpha value is -3.21. The number of hydrogen-bond acceptors (Lipinski definition) is 5. The Balaban J connectivity index is 0.00000282. The van der Waals surface area contributed by atoms with E-state index in [-0.39, 0.29) is 29.2 Å². The molecular weight excluding hydrogens is 600 g/mol. The van der Waals surface area contributed by atoms with Crippen molar-refractivity contribution in [3.8, 4) is 0 Å². The fourth-order valence-electron chi connectivity index (χ4n) is 6.40. The quantitative estimate of drug-likeness (QED) is 0.219. The summed E-state index contributed by atoms with van der Waals surface area (Å²) in [5.74, 6) is -0.675. The minimum Gasteiger partial charge on any atom is -0.380 e. The third-order valence-electron chi connectivity index (χ3n) is 8.75. The van der Waals surface area contributed by atoms with Crippen molar-refractivity contribution in [2.45, 2.75) is 85.1 Å². The van der Waals surface area contributed by atoms with Crippen molar-refractivity contribution in [1.82, 2.24) is 18.5 Å². The molecule has 2 amide bonds. The number of amides is 2. The second kappa shape index (κ2) is 17.1. The third-order valence-corrected chi connectivity index (χ3v) is 10.2. The van der Waals surface area contributed by atoms with Gasteiger partial charge in [-0.05, 0) is 43.4 Å². The summed E-state index contributed by atoms with van der Waals surface area (Å²) in [5, 5.41) is 1.01. The van der Waals surface area contributed by atoms with E-state index < -0.39 is 16.1 Å². The summed E-state index contributed by atoms with van der Waals surface area (Å²) in [5.41, 5.74) is 4.03. The molecule has 1 fully saturated rings. The maximum Gasteiger partial charge on any atom is 0.303 e. The van der Waals surface area contributed by atoms with Gasteiger partial charge in [-0.1, -0.05) is 77.3 Å². The summed E-state index contributed by atoms with van der Waals surface area (Å²) >= 11 is 0. The van der Waals surface area contributed by atoms with Gasteiger partial charge in [-0.3, -0.25) is 9.59 Å². The fourth-order valence-corrected chi connectivity index (χ4v) is 6.93. The lowest BCUT2D eigenvalue weighted by molar-refractivity contribution is -0.127. The molecule has 2 aliphatic heterocycles. The third kappa shape index (κ3) is 8.38. The van der Waals surface area contributed by atoms with Crippen LogP contribution in [0.2, 0.25) is 0 Å². The minimum atomic E-state index is -3.97. The van der Waals surface area contributed by atoms with Crippen molar-refractivity contribution in [3.05, 3.63) is 71.5 Å². The smallest absolute Gasteiger partial charge is 0.303 e. The van der Waals surface area contributed by atoms with E-state index in [4.69, 9.17) is 4.74 Å². The lowest BCUT2D eigenvalue weighted by Gasteiger charge is -2.23. The van der Waals surface area contributed by atoms with Gasteiger partial charge in [0.15, 0.2) is 0 Å². The van der Waals surface area contributed by atoms with Gasteiger partial charge in [-0.15, -0.1) is 6.58 Å². The van der Waals surface area contributed by atoms with Crippen LogP contribution in [0.4, 0.5) is 0 Å². The first-order chi connectivity index (χ1) is 22.0. The van der Waals surface area contributed by atoms with Crippen molar-refractivity contribution in [2.24, 2.45) is 5.92 Å². The molecule has 46 heavy (non-hydrogen) atoms. The van der Waals surface area contributed by atoms with E-state index in [1.54, 1.807) is 12.1 Å². The van der Waals surface area contributed by atoms with Crippen LogP contribution in [0.1, 0.15) is 100 Å². The Morgan fingerprint density at radius 2 is 1.91 bits per heavy atom. The molecule has 1 N–H and O–H groups in total. The second-order valence-electron chi connectivity index (χ2n) is 12.0. The minimum absolute atomic E-state index is 0.00830. The lowest BCUT2D eigenvalue weighted by atomic mass is 9.82. The normalized spacial score (nSPS) is 19.5. The average Bonchev–Trinajstić information content (AvgIpc) is 3.20. The van der Waals surface area contributed by atoms with Gasteiger partial charge in [0, 0.05) is 73.4 Å². The molecule has 0 aliphatic carbocycles. The summed E-state index contributed by atoms with van der Waals surface area (Å²) < 4.78 is 35.8. The van der Waals surface area contributed by atoms with Crippen LogP contribution >= 0.6 is 0 Å². The molecule has 1 aromatic carbocycles. The molecule has 9 nitrogen and oxygen atoms in total. The van der Waals surface area contributed by atoms with Gasteiger partial charge in [-0.2, -0.15) is 12.7 Å². The molecule has 2 aromatic rings. The number of carbonyl (C=O) groups excluding carboxylic acids is 2. The van der Waals surface area contributed by atoms with E-state index in [2.05, 4.69) is 41.9 Å². The zero-order valence-corrected chi connectivity index (χ0v) is 29.7. The van der Waals surface area contributed by atoms with Crippen molar-refractivity contribution in [3.63, 3.8) is 0 Å². The van der Waals surface area contributed by atoms with E-state index in [0.29, 0.717) is 38.4 Å². The van der Waals surface area contributed by atoms with Crippen LogP contribution in [0.25, 0.3) is 10.9 Å². The van der Waals surface area contributed by atoms with Crippen LogP contribution in [0.5, 0.6) is 0 Å². The summed E-state index contributed by atoms with van der Waals surface area (Å²) in [6, 6.07) is 5.39. The summed E-state index contributed by atoms with van der Waals surface area (Å²) in [6.07, 6.45) is 13.4. The number of aromatic nitrogens is 1.